The summed E-state index contributed by atoms with van der Waals surface area (Å²) in [6.07, 6.45) is 10.6. The van der Waals surface area contributed by atoms with E-state index in [4.69, 9.17) is 11.3 Å². The smallest absolute Gasteiger partial charge is 0.265 e. The third kappa shape index (κ3) is 4.95. The summed E-state index contributed by atoms with van der Waals surface area (Å²) in [7, 11) is 0. The summed E-state index contributed by atoms with van der Waals surface area (Å²) < 4.78 is 6.42. The average molecular weight is 470 g/mol. The fourth-order valence-electron chi connectivity index (χ4n) is 5.10. The van der Waals surface area contributed by atoms with Crippen LogP contribution in [-0.2, 0) is 4.74 Å². The van der Waals surface area contributed by atoms with E-state index >= 15 is 0 Å². The zero-order chi connectivity index (χ0) is 24.8. The first-order valence-electron chi connectivity index (χ1n) is 12.3. The molecular weight excluding hydrogens is 442 g/mol. The first kappa shape index (κ1) is 23.2. The fraction of sp³-hybridized carbons (Fsp3) is 0.188. The molecule has 4 nitrogen and oxygen atoms in total. The van der Waals surface area contributed by atoms with Gasteiger partial charge in [-0.05, 0) is 85.4 Å². The van der Waals surface area contributed by atoms with Crippen molar-refractivity contribution in [3.8, 4) is 6.07 Å². The maximum Gasteiger partial charge on any atom is 0.265 e. The molecule has 0 N–H and O–H groups in total. The van der Waals surface area contributed by atoms with Gasteiger partial charge in [0, 0.05) is 23.5 Å². The van der Waals surface area contributed by atoms with Crippen molar-refractivity contribution in [2.45, 2.75) is 37.7 Å². The Morgan fingerprint density at radius 1 is 0.861 bits per heavy atom. The zero-order valence-corrected chi connectivity index (χ0v) is 20.1. The Morgan fingerprint density at radius 3 is 2.00 bits per heavy atom. The molecule has 0 bridgehead atoms. The Labute approximate surface area is 212 Å². The van der Waals surface area contributed by atoms with Crippen LogP contribution in [0.4, 0.5) is 17.1 Å². The molecule has 36 heavy (non-hydrogen) atoms. The quantitative estimate of drug-likeness (QED) is 0.278. The highest BCUT2D eigenvalue weighted by Gasteiger charge is 2.39. The van der Waals surface area contributed by atoms with E-state index in [9.17, 15) is 5.26 Å². The highest BCUT2D eigenvalue weighted by Crippen LogP contribution is 2.44. The molecule has 0 saturated heterocycles. The largest absolute Gasteiger partial charge is 0.487 e. The molecule has 0 atom stereocenters. The van der Waals surface area contributed by atoms with Crippen LogP contribution in [0.2, 0.25) is 0 Å². The van der Waals surface area contributed by atoms with Gasteiger partial charge >= 0.3 is 0 Å². The molecule has 5 rings (SSSR count). The van der Waals surface area contributed by atoms with Crippen molar-refractivity contribution in [3.05, 3.63) is 131 Å². The second kappa shape index (κ2) is 10.4. The average Bonchev–Trinajstić information content (AvgIpc) is 3.37. The minimum absolute atomic E-state index is 0.168. The minimum atomic E-state index is -0.285. The number of nitrogens with zero attached hydrogens (tertiary/aromatic N) is 3. The Balaban J connectivity index is 1.42. The van der Waals surface area contributed by atoms with Crippen molar-refractivity contribution in [3.63, 3.8) is 0 Å². The van der Waals surface area contributed by atoms with Crippen LogP contribution in [0, 0.1) is 17.9 Å². The first-order chi connectivity index (χ1) is 17.7. The summed E-state index contributed by atoms with van der Waals surface area (Å²) in [5, 5.41) is 9.43. The van der Waals surface area contributed by atoms with E-state index in [0.29, 0.717) is 12.2 Å². The Morgan fingerprint density at radius 2 is 1.44 bits per heavy atom. The minimum Gasteiger partial charge on any atom is -0.487 e. The highest BCUT2D eigenvalue weighted by atomic mass is 16.5. The van der Waals surface area contributed by atoms with Crippen LogP contribution >= 0.6 is 0 Å². The standard InChI is InChI=1S/C32H27N3O/c1-34-31(24-33)26-22-30(36-32(23-26)20-8-9-21-32)19-16-25-14-17-29(18-15-25)35(27-10-4-2-5-11-27)28-12-6-3-7-13-28/h2-7,10-19,22H,8-9,20-21,23H2/b19-16+,31-26+. The van der Waals surface area contributed by atoms with Gasteiger partial charge in [0.05, 0.1) is 12.6 Å². The number of anilines is 3. The van der Waals surface area contributed by atoms with Crippen LogP contribution in [0.25, 0.3) is 10.9 Å². The van der Waals surface area contributed by atoms with Crippen molar-refractivity contribution >= 4 is 23.1 Å². The maximum atomic E-state index is 9.43. The predicted octanol–water partition coefficient (Wildman–Crippen LogP) is 8.48. The lowest BCUT2D eigenvalue weighted by molar-refractivity contribution is 0.00776. The number of benzene rings is 3. The monoisotopic (exact) mass is 469 g/mol. The highest BCUT2D eigenvalue weighted by molar-refractivity contribution is 5.77. The van der Waals surface area contributed by atoms with Crippen molar-refractivity contribution in [1.29, 1.82) is 5.26 Å². The van der Waals surface area contributed by atoms with E-state index < -0.39 is 0 Å². The van der Waals surface area contributed by atoms with Crippen molar-refractivity contribution in [1.82, 2.24) is 0 Å². The van der Waals surface area contributed by atoms with Gasteiger partial charge in [-0.2, -0.15) is 0 Å². The summed E-state index contributed by atoms with van der Waals surface area (Å²) in [4.78, 5) is 5.68. The molecule has 3 aromatic rings. The van der Waals surface area contributed by atoms with E-state index in [-0.39, 0.29) is 11.3 Å². The topological polar surface area (TPSA) is 40.6 Å². The molecule has 0 unspecified atom stereocenters. The van der Waals surface area contributed by atoms with E-state index in [2.05, 4.69) is 64.3 Å². The molecule has 3 aromatic carbocycles. The SMILES string of the molecule is [C-]#[N+]/C(C#N)=C1C=C(/C=C/c2ccc(N(c3ccccc3)c3ccccc3)cc2)OC2(CCCC2)C\1. The van der Waals surface area contributed by atoms with E-state index in [1.54, 1.807) is 0 Å². The third-order valence-corrected chi connectivity index (χ3v) is 6.82. The van der Waals surface area contributed by atoms with Gasteiger partial charge in [-0.3, -0.25) is 0 Å². The lowest BCUT2D eigenvalue weighted by atomic mass is 9.88. The number of para-hydroxylation sites is 2. The van der Waals surface area contributed by atoms with Gasteiger partial charge in [0.15, 0.2) is 0 Å². The lowest BCUT2D eigenvalue weighted by Crippen LogP contribution is -2.31. The maximum absolute atomic E-state index is 9.43. The van der Waals surface area contributed by atoms with Gasteiger partial charge in [-0.15, -0.1) is 0 Å². The van der Waals surface area contributed by atoms with E-state index in [1.165, 1.54) is 0 Å². The number of nitriles is 1. The molecule has 2 aliphatic rings. The van der Waals surface area contributed by atoms with Crippen LogP contribution in [-0.4, -0.2) is 5.60 Å². The summed E-state index contributed by atoms with van der Waals surface area (Å²) in [5.41, 5.74) is 4.99. The molecule has 1 spiro atoms. The molecule has 0 radical (unpaired) electrons. The Kier molecular flexibility index (Phi) is 6.69. The summed E-state index contributed by atoms with van der Waals surface area (Å²) >= 11 is 0. The molecule has 0 aromatic heterocycles. The van der Waals surface area contributed by atoms with E-state index in [0.717, 1.165) is 53.9 Å². The molecular formula is C32H27N3O. The molecule has 1 aliphatic carbocycles. The van der Waals surface area contributed by atoms with Crippen LogP contribution in [0.5, 0.6) is 0 Å². The van der Waals surface area contributed by atoms with Crippen LogP contribution in [0.3, 0.4) is 0 Å². The van der Waals surface area contributed by atoms with Crippen LogP contribution in [0.15, 0.2) is 114 Å². The number of ether oxygens (including phenoxy) is 1. The molecule has 4 heteroatoms. The molecule has 1 heterocycles. The van der Waals surface area contributed by atoms with Gasteiger partial charge in [-0.1, -0.05) is 54.6 Å². The second-order valence-electron chi connectivity index (χ2n) is 9.24. The normalized spacial score (nSPS) is 17.7. The van der Waals surface area contributed by atoms with Gasteiger partial charge in [0.2, 0.25) is 0 Å². The fourth-order valence-corrected chi connectivity index (χ4v) is 5.10. The number of allylic oxidation sites excluding steroid dienone is 3. The van der Waals surface area contributed by atoms with Gasteiger partial charge < -0.3 is 9.64 Å². The number of hydrogen-bond donors (Lipinski definition) is 0. The molecule has 0 amide bonds. The second-order valence-corrected chi connectivity index (χ2v) is 9.24. The van der Waals surface area contributed by atoms with E-state index in [1.807, 2.05) is 54.6 Å². The molecule has 1 aliphatic heterocycles. The Bertz CT molecular complexity index is 1330. The number of hydrogen-bond acceptors (Lipinski definition) is 3. The molecule has 1 saturated carbocycles. The van der Waals surface area contributed by atoms with Crippen LogP contribution < -0.4 is 4.90 Å². The Hall–Kier alpha value is -4.54. The molecule has 176 valence electrons. The third-order valence-electron chi connectivity index (χ3n) is 6.82. The summed E-state index contributed by atoms with van der Waals surface area (Å²) in [6.45, 7) is 7.39. The molecule has 1 fully saturated rings. The lowest BCUT2D eigenvalue weighted by Gasteiger charge is -2.35. The van der Waals surface area contributed by atoms with Gasteiger partial charge in [-0.25, -0.2) is 10.1 Å². The van der Waals surface area contributed by atoms with Gasteiger partial charge in [0.1, 0.15) is 11.4 Å². The summed E-state index contributed by atoms with van der Waals surface area (Å²) in [5.74, 6) is 0.717. The first-order valence-corrected chi connectivity index (χ1v) is 12.3. The zero-order valence-electron chi connectivity index (χ0n) is 20.1. The van der Waals surface area contributed by atoms with Gasteiger partial charge in [0.25, 0.3) is 5.70 Å². The summed E-state index contributed by atoms with van der Waals surface area (Å²) in [6, 6.07) is 31.2. The van der Waals surface area contributed by atoms with Crippen LogP contribution in [0.1, 0.15) is 37.7 Å². The van der Waals surface area contributed by atoms with Crippen molar-refractivity contribution < 1.29 is 4.74 Å². The predicted molar refractivity (Wildman–Crippen MR) is 144 cm³/mol. The van der Waals surface area contributed by atoms with Crippen molar-refractivity contribution in [2.24, 2.45) is 0 Å². The van der Waals surface area contributed by atoms with Crippen molar-refractivity contribution in [2.75, 3.05) is 4.90 Å². The number of rotatable bonds is 5.